The average Bonchev–Trinajstić information content (AvgIpc) is 2.91. The normalized spacial score (nSPS) is 14.0. The predicted molar refractivity (Wildman–Crippen MR) is 155 cm³/mol. The Morgan fingerprint density at radius 1 is 0.921 bits per heavy atom. The van der Waals surface area contributed by atoms with Crippen LogP contribution in [0.15, 0.2) is 66.7 Å². The van der Waals surface area contributed by atoms with Crippen molar-refractivity contribution >= 4 is 40.7 Å². The van der Waals surface area contributed by atoms with Crippen molar-refractivity contribution in [3.8, 4) is 11.1 Å². The fourth-order valence-corrected chi connectivity index (χ4v) is 5.15. The van der Waals surface area contributed by atoms with Gasteiger partial charge in [0.1, 0.15) is 5.82 Å². The van der Waals surface area contributed by atoms with Crippen LogP contribution in [0.3, 0.4) is 0 Å². The van der Waals surface area contributed by atoms with Gasteiger partial charge in [0.2, 0.25) is 5.91 Å². The molecule has 38 heavy (non-hydrogen) atoms. The van der Waals surface area contributed by atoms with Crippen LogP contribution in [0.5, 0.6) is 0 Å². The zero-order valence-corrected chi connectivity index (χ0v) is 23.0. The number of ketones is 1. The summed E-state index contributed by atoms with van der Waals surface area (Å²) in [6.07, 6.45) is 7.79. The quantitative estimate of drug-likeness (QED) is 0.276. The number of anilines is 2. The SMILES string of the molecule is CC(=O)/C=C/c1cc(F)cc(N(Cc2ccc(-c3ccc(N(C)C)cc3)cc2Cl)C(=O)C2CCCCC2)c1. The van der Waals surface area contributed by atoms with Crippen LogP contribution < -0.4 is 9.80 Å². The molecule has 0 spiro atoms. The molecule has 0 heterocycles. The van der Waals surface area contributed by atoms with Crippen molar-refractivity contribution in [2.75, 3.05) is 23.9 Å². The molecule has 0 aromatic heterocycles. The van der Waals surface area contributed by atoms with Crippen molar-refractivity contribution in [1.29, 1.82) is 0 Å². The molecule has 1 aliphatic carbocycles. The van der Waals surface area contributed by atoms with Gasteiger partial charge in [0.15, 0.2) is 5.78 Å². The zero-order valence-electron chi connectivity index (χ0n) is 22.2. The van der Waals surface area contributed by atoms with Crippen molar-refractivity contribution < 1.29 is 14.0 Å². The summed E-state index contributed by atoms with van der Waals surface area (Å²) < 4.78 is 14.7. The molecule has 1 saturated carbocycles. The first kappa shape index (κ1) is 27.6. The van der Waals surface area contributed by atoms with Crippen molar-refractivity contribution in [3.63, 3.8) is 0 Å². The van der Waals surface area contributed by atoms with Crippen LogP contribution in [0.4, 0.5) is 15.8 Å². The van der Waals surface area contributed by atoms with E-state index >= 15 is 0 Å². The first-order valence-electron chi connectivity index (χ1n) is 13.1. The lowest BCUT2D eigenvalue weighted by atomic mass is 9.88. The maximum atomic E-state index is 14.7. The Balaban J connectivity index is 1.66. The molecule has 1 fully saturated rings. The van der Waals surface area contributed by atoms with E-state index in [1.165, 1.54) is 25.1 Å². The van der Waals surface area contributed by atoms with Gasteiger partial charge in [-0.1, -0.05) is 61.2 Å². The minimum absolute atomic E-state index is 0.0174. The van der Waals surface area contributed by atoms with Crippen molar-refractivity contribution in [2.24, 2.45) is 5.92 Å². The van der Waals surface area contributed by atoms with Crippen molar-refractivity contribution in [3.05, 3.63) is 88.7 Å². The van der Waals surface area contributed by atoms with Gasteiger partial charge in [0.05, 0.1) is 6.54 Å². The van der Waals surface area contributed by atoms with Gasteiger partial charge in [0.25, 0.3) is 0 Å². The molecule has 0 radical (unpaired) electrons. The summed E-state index contributed by atoms with van der Waals surface area (Å²) in [6, 6.07) is 18.6. The molecule has 3 aromatic carbocycles. The fourth-order valence-electron chi connectivity index (χ4n) is 4.91. The van der Waals surface area contributed by atoms with Gasteiger partial charge in [-0.15, -0.1) is 0 Å². The van der Waals surface area contributed by atoms with Crippen LogP contribution in [0.2, 0.25) is 5.02 Å². The summed E-state index contributed by atoms with van der Waals surface area (Å²) in [5, 5.41) is 0.550. The van der Waals surface area contributed by atoms with E-state index in [1.807, 2.05) is 37.2 Å². The van der Waals surface area contributed by atoms with E-state index in [9.17, 15) is 14.0 Å². The number of halogens is 2. The highest BCUT2D eigenvalue weighted by molar-refractivity contribution is 6.31. The number of nitrogens with zero attached hydrogens (tertiary/aromatic N) is 2. The minimum Gasteiger partial charge on any atom is -0.378 e. The molecule has 0 unspecified atom stereocenters. The van der Waals surface area contributed by atoms with Crippen molar-refractivity contribution in [1.82, 2.24) is 0 Å². The van der Waals surface area contributed by atoms with Gasteiger partial charge >= 0.3 is 0 Å². The first-order valence-corrected chi connectivity index (χ1v) is 13.5. The number of hydrogen-bond acceptors (Lipinski definition) is 3. The molecule has 0 bridgehead atoms. The summed E-state index contributed by atoms with van der Waals surface area (Å²) in [7, 11) is 4.00. The third-order valence-corrected chi connectivity index (χ3v) is 7.40. The standard InChI is InChI=1S/C32H34ClFN2O2/c1-22(37)9-10-23-17-28(34)20-30(18-23)36(32(38)25-7-5-4-6-8-25)21-27-12-11-26(19-31(27)33)24-13-15-29(16-14-24)35(2)3/h9-20,25H,4-8,21H2,1-3H3/b10-9+. The monoisotopic (exact) mass is 532 g/mol. The Labute approximate surface area is 229 Å². The molecule has 198 valence electrons. The number of rotatable bonds is 8. The molecule has 0 atom stereocenters. The Hall–Kier alpha value is -3.44. The Morgan fingerprint density at radius 3 is 2.24 bits per heavy atom. The van der Waals surface area contributed by atoms with Gasteiger partial charge in [-0.25, -0.2) is 4.39 Å². The molecule has 0 saturated heterocycles. The van der Waals surface area contributed by atoms with Crippen LogP contribution in [0.1, 0.15) is 50.2 Å². The number of hydrogen-bond donors (Lipinski definition) is 0. The smallest absolute Gasteiger partial charge is 0.230 e. The lowest BCUT2D eigenvalue weighted by Crippen LogP contribution is -2.37. The average molecular weight is 533 g/mol. The third-order valence-electron chi connectivity index (χ3n) is 7.05. The molecular weight excluding hydrogens is 499 g/mol. The summed E-state index contributed by atoms with van der Waals surface area (Å²) >= 11 is 6.76. The van der Waals surface area contributed by atoms with Crippen LogP contribution in [-0.2, 0) is 16.1 Å². The summed E-state index contributed by atoms with van der Waals surface area (Å²) in [4.78, 5) is 28.9. The van der Waals surface area contributed by atoms with E-state index in [4.69, 9.17) is 11.6 Å². The summed E-state index contributed by atoms with van der Waals surface area (Å²) in [5.74, 6) is -0.711. The molecular formula is C32H34ClFN2O2. The predicted octanol–water partition coefficient (Wildman–Crippen LogP) is 7.93. The number of amides is 1. The van der Waals surface area contributed by atoms with Crippen molar-refractivity contribution in [2.45, 2.75) is 45.6 Å². The Morgan fingerprint density at radius 2 is 1.61 bits per heavy atom. The highest BCUT2D eigenvalue weighted by Gasteiger charge is 2.28. The Bertz CT molecular complexity index is 1330. The second-order valence-electron chi connectivity index (χ2n) is 10.2. The lowest BCUT2D eigenvalue weighted by molar-refractivity contribution is -0.123. The van der Waals surface area contributed by atoms with E-state index in [2.05, 4.69) is 24.3 Å². The maximum absolute atomic E-state index is 14.7. The van der Waals surface area contributed by atoms with E-state index in [-0.39, 0.29) is 24.2 Å². The van der Waals surface area contributed by atoms with Crippen LogP contribution in [0, 0.1) is 11.7 Å². The number of carbonyl (C=O) groups is 2. The van der Waals surface area contributed by atoms with E-state index in [1.54, 1.807) is 17.0 Å². The van der Waals surface area contributed by atoms with Gasteiger partial charge in [-0.05, 0) is 84.5 Å². The first-order chi connectivity index (χ1) is 18.2. The number of carbonyl (C=O) groups excluding carboxylic acids is 2. The molecule has 6 heteroatoms. The van der Waals surface area contributed by atoms with E-state index in [0.29, 0.717) is 16.3 Å². The zero-order chi connectivity index (χ0) is 27.2. The lowest BCUT2D eigenvalue weighted by Gasteiger charge is -2.30. The van der Waals surface area contributed by atoms with Gasteiger partial charge < -0.3 is 9.80 Å². The minimum atomic E-state index is -0.463. The molecule has 0 aliphatic heterocycles. The molecule has 4 nitrogen and oxygen atoms in total. The molecule has 4 rings (SSSR count). The van der Waals surface area contributed by atoms with E-state index < -0.39 is 5.82 Å². The second kappa shape index (κ2) is 12.4. The van der Waals surface area contributed by atoms with Gasteiger partial charge in [-0.3, -0.25) is 9.59 Å². The largest absolute Gasteiger partial charge is 0.378 e. The number of benzene rings is 3. The third kappa shape index (κ3) is 6.90. The fraction of sp³-hybridized carbons (Fsp3) is 0.312. The van der Waals surface area contributed by atoms with E-state index in [0.717, 1.165) is 54.5 Å². The summed E-state index contributed by atoms with van der Waals surface area (Å²) in [5.41, 5.74) is 4.92. The van der Waals surface area contributed by atoms with Gasteiger partial charge in [0, 0.05) is 36.4 Å². The highest BCUT2D eigenvalue weighted by atomic mass is 35.5. The summed E-state index contributed by atoms with van der Waals surface area (Å²) in [6.45, 7) is 1.67. The number of allylic oxidation sites excluding steroid dienone is 1. The molecule has 3 aromatic rings. The van der Waals surface area contributed by atoms with Crippen LogP contribution >= 0.6 is 11.6 Å². The molecule has 1 aliphatic rings. The maximum Gasteiger partial charge on any atom is 0.230 e. The topological polar surface area (TPSA) is 40.6 Å². The second-order valence-corrected chi connectivity index (χ2v) is 10.6. The van der Waals surface area contributed by atoms with Crippen LogP contribution in [0.25, 0.3) is 17.2 Å². The highest BCUT2D eigenvalue weighted by Crippen LogP contribution is 2.33. The Kier molecular flexibility index (Phi) is 9.01. The molecule has 0 N–H and O–H groups in total. The van der Waals surface area contributed by atoms with Crippen LogP contribution in [-0.4, -0.2) is 25.8 Å². The molecule has 1 amide bonds. The van der Waals surface area contributed by atoms with Gasteiger partial charge in [-0.2, -0.15) is 0 Å².